The van der Waals surface area contributed by atoms with Crippen molar-refractivity contribution in [3.63, 3.8) is 0 Å². The fourth-order valence-corrected chi connectivity index (χ4v) is 2.80. The van der Waals surface area contributed by atoms with Gasteiger partial charge in [0.1, 0.15) is 0 Å². The fourth-order valence-electron chi connectivity index (χ4n) is 2.07. The van der Waals surface area contributed by atoms with Crippen molar-refractivity contribution in [1.82, 2.24) is 5.32 Å². The maximum absolute atomic E-state index is 9.97. The highest BCUT2D eigenvalue weighted by Gasteiger charge is 2.29. The molecule has 3 nitrogen and oxygen atoms in total. The molecule has 0 aromatic rings. The van der Waals surface area contributed by atoms with Crippen LogP contribution in [0.3, 0.4) is 0 Å². The molecule has 0 aliphatic heterocycles. The average molecular weight is 228 g/mol. The third-order valence-electron chi connectivity index (χ3n) is 2.88. The minimum absolute atomic E-state index is 0.134. The second-order valence-corrected chi connectivity index (χ2v) is 5.45. The first kappa shape index (κ1) is 12.8. The number of hydrogen-bond acceptors (Lipinski definition) is 4. The minimum atomic E-state index is -0.665. The van der Waals surface area contributed by atoms with E-state index in [9.17, 15) is 5.11 Å². The van der Waals surface area contributed by atoms with E-state index in [4.69, 9.17) is 5.26 Å². The van der Waals surface area contributed by atoms with Crippen LogP contribution in [0.2, 0.25) is 0 Å². The predicted octanol–water partition coefficient (Wildman–Crippen LogP) is 1.38. The lowest BCUT2D eigenvalue weighted by atomic mass is 10.0. The van der Waals surface area contributed by atoms with Crippen LogP contribution in [0.25, 0.3) is 0 Å². The molecule has 0 bridgehead atoms. The van der Waals surface area contributed by atoms with Crippen molar-refractivity contribution in [2.75, 3.05) is 18.6 Å². The lowest BCUT2D eigenvalue weighted by Gasteiger charge is -2.26. The van der Waals surface area contributed by atoms with Crippen LogP contribution in [0.1, 0.15) is 26.2 Å². The topological polar surface area (TPSA) is 56.0 Å². The van der Waals surface area contributed by atoms with Gasteiger partial charge in [-0.25, -0.2) is 0 Å². The Hall–Kier alpha value is -0.240. The Kier molecular flexibility index (Phi) is 4.91. The van der Waals surface area contributed by atoms with Crippen molar-refractivity contribution >= 4 is 11.8 Å². The van der Waals surface area contributed by atoms with Crippen molar-refractivity contribution in [1.29, 1.82) is 5.26 Å². The Labute approximate surface area is 96.2 Å². The highest BCUT2D eigenvalue weighted by atomic mass is 32.2. The van der Waals surface area contributed by atoms with Crippen molar-refractivity contribution in [2.24, 2.45) is 5.92 Å². The van der Waals surface area contributed by atoms with Crippen LogP contribution >= 0.6 is 11.8 Å². The number of nitriles is 1. The highest BCUT2D eigenvalue weighted by Crippen LogP contribution is 2.25. The normalized spacial score (nSPS) is 29.7. The van der Waals surface area contributed by atoms with Gasteiger partial charge in [0.2, 0.25) is 0 Å². The lowest BCUT2D eigenvalue weighted by molar-refractivity contribution is 0.0806. The lowest BCUT2D eigenvalue weighted by Crippen LogP contribution is -2.45. The summed E-state index contributed by atoms with van der Waals surface area (Å²) in [7, 11) is 0. The van der Waals surface area contributed by atoms with Gasteiger partial charge in [-0.15, -0.1) is 0 Å². The van der Waals surface area contributed by atoms with E-state index in [1.54, 1.807) is 11.8 Å². The van der Waals surface area contributed by atoms with Gasteiger partial charge in [0.25, 0.3) is 0 Å². The molecule has 1 aliphatic carbocycles. The minimum Gasteiger partial charge on any atom is -0.388 e. The van der Waals surface area contributed by atoms with E-state index < -0.39 is 5.60 Å². The van der Waals surface area contributed by atoms with Crippen LogP contribution in [0.5, 0.6) is 0 Å². The second-order valence-electron chi connectivity index (χ2n) is 4.58. The predicted molar refractivity (Wildman–Crippen MR) is 63.8 cm³/mol. The van der Waals surface area contributed by atoms with Crippen molar-refractivity contribution in [3.8, 4) is 6.07 Å². The highest BCUT2D eigenvalue weighted by molar-refractivity contribution is 7.98. The summed E-state index contributed by atoms with van der Waals surface area (Å²) in [6.07, 6.45) is 5.18. The molecule has 3 atom stereocenters. The van der Waals surface area contributed by atoms with Gasteiger partial charge in [-0.1, -0.05) is 6.42 Å². The van der Waals surface area contributed by atoms with Gasteiger partial charge in [0, 0.05) is 18.3 Å². The van der Waals surface area contributed by atoms with E-state index in [1.807, 2.05) is 13.2 Å². The first-order valence-corrected chi connectivity index (χ1v) is 6.83. The van der Waals surface area contributed by atoms with Gasteiger partial charge in [-0.05, 0) is 26.0 Å². The van der Waals surface area contributed by atoms with Crippen LogP contribution in [0.15, 0.2) is 0 Å². The molecule has 0 aromatic carbocycles. The van der Waals surface area contributed by atoms with E-state index >= 15 is 0 Å². The Balaban J connectivity index is 2.33. The molecule has 0 aromatic heterocycles. The molecule has 0 radical (unpaired) electrons. The van der Waals surface area contributed by atoms with E-state index in [0.29, 0.717) is 6.54 Å². The first-order valence-electron chi connectivity index (χ1n) is 5.43. The number of aliphatic hydroxyl groups is 1. The molecule has 2 N–H and O–H groups in total. The van der Waals surface area contributed by atoms with Crippen molar-refractivity contribution < 1.29 is 5.11 Å². The standard InChI is InChI=1S/C11H20N2OS/c1-11(14,8-15-2)7-13-10-5-3-4-9(10)6-12/h9-10,13-14H,3-5,7-8H2,1-2H3. The monoisotopic (exact) mass is 228 g/mol. The smallest absolute Gasteiger partial charge is 0.0833 e. The molecule has 1 fully saturated rings. The van der Waals surface area contributed by atoms with Gasteiger partial charge in [0.15, 0.2) is 0 Å². The van der Waals surface area contributed by atoms with Crippen LogP contribution < -0.4 is 5.32 Å². The zero-order valence-corrected chi connectivity index (χ0v) is 10.3. The zero-order chi connectivity index (χ0) is 11.3. The third kappa shape index (κ3) is 4.02. The summed E-state index contributed by atoms with van der Waals surface area (Å²) < 4.78 is 0. The SMILES string of the molecule is CSCC(C)(O)CNC1CCCC1C#N. The number of nitrogens with one attached hydrogen (secondary N) is 1. The molecular formula is C11H20N2OS. The third-order valence-corrected chi connectivity index (χ3v) is 3.79. The van der Waals surface area contributed by atoms with Gasteiger partial charge in [-0.2, -0.15) is 17.0 Å². The largest absolute Gasteiger partial charge is 0.388 e. The Morgan fingerprint density at radius 2 is 2.33 bits per heavy atom. The molecule has 0 saturated heterocycles. The first-order chi connectivity index (χ1) is 7.09. The molecule has 0 spiro atoms. The summed E-state index contributed by atoms with van der Waals surface area (Å²) in [5, 5.41) is 22.2. The summed E-state index contributed by atoms with van der Waals surface area (Å²) in [6.45, 7) is 2.42. The maximum Gasteiger partial charge on any atom is 0.0833 e. The Bertz CT molecular complexity index is 237. The van der Waals surface area contributed by atoms with Crippen LogP contribution in [-0.2, 0) is 0 Å². The molecule has 0 heterocycles. The van der Waals surface area contributed by atoms with Crippen molar-refractivity contribution in [2.45, 2.75) is 37.8 Å². The van der Waals surface area contributed by atoms with Crippen LogP contribution in [-0.4, -0.2) is 35.3 Å². The van der Waals surface area contributed by atoms with Crippen LogP contribution in [0, 0.1) is 17.2 Å². The number of rotatable bonds is 5. The maximum atomic E-state index is 9.97. The number of nitrogens with zero attached hydrogens (tertiary/aromatic N) is 1. The molecular weight excluding hydrogens is 208 g/mol. The van der Waals surface area contributed by atoms with Gasteiger partial charge in [-0.3, -0.25) is 0 Å². The van der Waals surface area contributed by atoms with Gasteiger partial charge >= 0.3 is 0 Å². The molecule has 1 saturated carbocycles. The molecule has 3 unspecified atom stereocenters. The summed E-state index contributed by atoms with van der Waals surface area (Å²) in [5.41, 5.74) is -0.665. The van der Waals surface area contributed by atoms with Crippen molar-refractivity contribution in [3.05, 3.63) is 0 Å². The molecule has 4 heteroatoms. The zero-order valence-electron chi connectivity index (χ0n) is 9.49. The van der Waals surface area contributed by atoms with E-state index in [0.717, 1.165) is 25.0 Å². The second kappa shape index (κ2) is 5.74. The van der Waals surface area contributed by atoms with Crippen LogP contribution in [0.4, 0.5) is 0 Å². The summed E-state index contributed by atoms with van der Waals surface area (Å²) in [5.74, 6) is 0.860. The molecule has 1 rings (SSSR count). The quantitative estimate of drug-likeness (QED) is 0.746. The van der Waals surface area contributed by atoms with E-state index in [1.165, 1.54) is 0 Å². The average Bonchev–Trinajstić information content (AvgIpc) is 2.62. The summed E-state index contributed by atoms with van der Waals surface area (Å²) in [4.78, 5) is 0. The summed E-state index contributed by atoms with van der Waals surface area (Å²) >= 11 is 1.64. The van der Waals surface area contributed by atoms with E-state index in [-0.39, 0.29) is 12.0 Å². The molecule has 15 heavy (non-hydrogen) atoms. The Morgan fingerprint density at radius 3 is 2.93 bits per heavy atom. The molecule has 86 valence electrons. The summed E-state index contributed by atoms with van der Waals surface area (Å²) in [6, 6.07) is 2.61. The molecule has 1 aliphatic rings. The van der Waals surface area contributed by atoms with Gasteiger partial charge in [0.05, 0.1) is 17.6 Å². The number of hydrogen-bond donors (Lipinski definition) is 2. The number of thioether (sulfide) groups is 1. The fraction of sp³-hybridized carbons (Fsp3) is 0.909. The van der Waals surface area contributed by atoms with Gasteiger partial charge < -0.3 is 10.4 Å². The molecule has 0 amide bonds. The van der Waals surface area contributed by atoms with E-state index in [2.05, 4.69) is 11.4 Å². The Morgan fingerprint density at radius 1 is 1.60 bits per heavy atom.